The van der Waals surface area contributed by atoms with Crippen LogP contribution in [0.4, 0.5) is 5.69 Å². The van der Waals surface area contributed by atoms with Gasteiger partial charge in [-0.1, -0.05) is 12.1 Å². The first-order valence-corrected chi connectivity index (χ1v) is 6.27. The summed E-state index contributed by atoms with van der Waals surface area (Å²) in [6.45, 7) is 4.46. The van der Waals surface area contributed by atoms with E-state index in [0.29, 0.717) is 17.8 Å². The monoisotopic (exact) mass is 272 g/mol. The maximum Gasteiger partial charge on any atom is 0.259 e. The molecule has 0 aliphatic rings. The van der Waals surface area contributed by atoms with Crippen LogP contribution < -0.4 is 11.1 Å². The molecule has 0 bridgehead atoms. The summed E-state index contributed by atoms with van der Waals surface area (Å²) >= 11 is 0. The summed E-state index contributed by atoms with van der Waals surface area (Å²) in [4.78, 5) is 23.5. The summed E-state index contributed by atoms with van der Waals surface area (Å²) in [5, 5.41) is 6.81. The van der Waals surface area contributed by atoms with Gasteiger partial charge in [0.1, 0.15) is 0 Å². The minimum absolute atomic E-state index is 0.279. The van der Waals surface area contributed by atoms with Gasteiger partial charge in [-0.15, -0.1) is 0 Å². The minimum Gasteiger partial charge on any atom is -0.366 e. The molecule has 6 nitrogen and oxygen atoms in total. The molecule has 0 aliphatic carbocycles. The highest BCUT2D eigenvalue weighted by atomic mass is 16.2. The van der Waals surface area contributed by atoms with Gasteiger partial charge in [0.05, 0.1) is 23.0 Å². The Bertz CT molecular complexity index is 661. The molecule has 20 heavy (non-hydrogen) atoms. The van der Waals surface area contributed by atoms with Crippen molar-refractivity contribution in [2.45, 2.75) is 20.4 Å². The van der Waals surface area contributed by atoms with Gasteiger partial charge in [-0.3, -0.25) is 14.3 Å². The molecule has 2 amide bonds. The smallest absolute Gasteiger partial charge is 0.259 e. The molecule has 0 saturated heterocycles. The van der Waals surface area contributed by atoms with Gasteiger partial charge in [0.25, 0.3) is 11.8 Å². The van der Waals surface area contributed by atoms with E-state index in [0.717, 1.165) is 5.69 Å². The number of rotatable bonds is 4. The highest BCUT2D eigenvalue weighted by Gasteiger charge is 2.16. The van der Waals surface area contributed by atoms with E-state index in [-0.39, 0.29) is 11.5 Å². The lowest BCUT2D eigenvalue weighted by molar-refractivity contribution is 0.100. The molecular weight excluding hydrogens is 256 g/mol. The molecule has 0 radical (unpaired) electrons. The van der Waals surface area contributed by atoms with Crippen LogP contribution in [0.25, 0.3) is 0 Å². The van der Waals surface area contributed by atoms with Crippen LogP contribution in [0.3, 0.4) is 0 Å². The van der Waals surface area contributed by atoms with Crippen molar-refractivity contribution in [3.63, 3.8) is 0 Å². The number of nitrogens with one attached hydrogen (secondary N) is 1. The molecule has 0 fully saturated rings. The minimum atomic E-state index is -0.582. The van der Waals surface area contributed by atoms with Gasteiger partial charge >= 0.3 is 0 Å². The van der Waals surface area contributed by atoms with Crippen molar-refractivity contribution in [1.82, 2.24) is 9.78 Å². The van der Waals surface area contributed by atoms with Gasteiger partial charge in [0.15, 0.2) is 0 Å². The summed E-state index contributed by atoms with van der Waals surface area (Å²) < 4.78 is 1.73. The highest BCUT2D eigenvalue weighted by Crippen LogP contribution is 2.16. The summed E-state index contributed by atoms with van der Waals surface area (Å²) in [5.74, 6) is -0.891. The second-order valence-electron chi connectivity index (χ2n) is 4.32. The van der Waals surface area contributed by atoms with Crippen molar-refractivity contribution in [2.75, 3.05) is 5.32 Å². The van der Waals surface area contributed by atoms with E-state index in [2.05, 4.69) is 10.4 Å². The topological polar surface area (TPSA) is 90.0 Å². The first-order chi connectivity index (χ1) is 9.54. The molecule has 1 heterocycles. The van der Waals surface area contributed by atoms with Crippen LogP contribution in [-0.4, -0.2) is 21.6 Å². The molecular formula is C14H16N4O2. The molecule has 0 aliphatic heterocycles. The van der Waals surface area contributed by atoms with Crippen molar-refractivity contribution in [2.24, 2.45) is 5.73 Å². The molecule has 6 heteroatoms. The number of benzene rings is 1. The van der Waals surface area contributed by atoms with E-state index in [1.54, 1.807) is 28.9 Å². The fraction of sp³-hybridized carbons (Fsp3) is 0.214. The zero-order chi connectivity index (χ0) is 14.7. The number of primary amides is 1. The van der Waals surface area contributed by atoms with Crippen molar-refractivity contribution in [3.8, 4) is 0 Å². The quantitative estimate of drug-likeness (QED) is 0.885. The predicted molar refractivity (Wildman–Crippen MR) is 75.6 cm³/mol. The van der Waals surface area contributed by atoms with Crippen LogP contribution in [0, 0.1) is 6.92 Å². The number of para-hydroxylation sites is 1. The van der Waals surface area contributed by atoms with E-state index in [1.165, 1.54) is 6.20 Å². The molecule has 0 unspecified atom stereocenters. The number of carbonyl (C=O) groups is 2. The number of hydrogen-bond donors (Lipinski definition) is 2. The fourth-order valence-corrected chi connectivity index (χ4v) is 1.98. The number of aryl methyl sites for hydroxylation is 1. The highest BCUT2D eigenvalue weighted by molar-refractivity contribution is 6.09. The van der Waals surface area contributed by atoms with Crippen LogP contribution in [0.2, 0.25) is 0 Å². The van der Waals surface area contributed by atoms with E-state index in [9.17, 15) is 9.59 Å². The van der Waals surface area contributed by atoms with Crippen LogP contribution in [-0.2, 0) is 6.54 Å². The van der Waals surface area contributed by atoms with Crippen LogP contribution in [0.5, 0.6) is 0 Å². The van der Waals surface area contributed by atoms with Crippen LogP contribution in [0.15, 0.2) is 30.5 Å². The summed E-state index contributed by atoms with van der Waals surface area (Å²) in [7, 11) is 0. The third-order valence-corrected chi connectivity index (χ3v) is 3.09. The van der Waals surface area contributed by atoms with E-state index < -0.39 is 5.91 Å². The average molecular weight is 272 g/mol. The summed E-state index contributed by atoms with van der Waals surface area (Å²) in [5.41, 5.74) is 7.21. The van der Waals surface area contributed by atoms with Crippen molar-refractivity contribution in [1.29, 1.82) is 0 Å². The summed E-state index contributed by atoms with van der Waals surface area (Å²) in [6, 6.07) is 6.62. The number of carbonyl (C=O) groups excluding carboxylic acids is 2. The lowest BCUT2D eigenvalue weighted by Crippen LogP contribution is -2.18. The second-order valence-corrected chi connectivity index (χ2v) is 4.32. The number of nitrogens with two attached hydrogens (primary N) is 1. The molecule has 0 atom stereocenters. The normalized spacial score (nSPS) is 10.3. The first-order valence-electron chi connectivity index (χ1n) is 6.27. The number of anilines is 1. The zero-order valence-electron chi connectivity index (χ0n) is 11.4. The second kappa shape index (κ2) is 5.56. The van der Waals surface area contributed by atoms with Gasteiger partial charge in [-0.2, -0.15) is 5.10 Å². The van der Waals surface area contributed by atoms with Crippen molar-refractivity contribution in [3.05, 3.63) is 47.3 Å². The van der Waals surface area contributed by atoms with Gasteiger partial charge in [-0.05, 0) is 26.0 Å². The number of nitrogens with zero attached hydrogens (tertiary/aromatic N) is 2. The molecule has 2 aromatic rings. The molecule has 104 valence electrons. The molecule has 0 saturated carbocycles. The number of hydrogen-bond acceptors (Lipinski definition) is 3. The van der Waals surface area contributed by atoms with Gasteiger partial charge < -0.3 is 11.1 Å². The molecule has 1 aromatic carbocycles. The maximum atomic E-state index is 12.2. The van der Waals surface area contributed by atoms with E-state index in [4.69, 9.17) is 5.73 Å². The van der Waals surface area contributed by atoms with Crippen LogP contribution in [0.1, 0.15) is 33.3 Å². The van der Waals surface area contributed by atoms with Crippen molar-refractivity contribution < 1.29 is 9.59 Å². The SMILES string of the molecule is CCn1ncc(C(=O)Nc2ccccc2C(N)=O)c1C. The van der Waals surface area contributed by atoms with Crippen molar-refractivity contribution >= 4 is 17.5 Å². The third kappa shape index (κ3) is 2.54. The fourth-order valence-electron chi connectivity index (χ4n) is 1.98. The summed E-state index contributed by atoms with van der Waals surface area (Å²) in [6.07, 6.45) is 1.51. The molecule has 0 spiro atoms. The lowest BCUT2D eigenvalue weighted by Gasteiger charge is -2.08. The Morgan fingerprint density at radius 3 is 2.60 bits per heavy atom. The molecule has 1 aromatic heterocycles. The van der Waals surface area contributed by atoms with E-state index in [1.807, 2.05) is 13.8 Å². The van der Waals surface area contributed by atoms with Gasteiger partial charge in [0.2, 0.25) is 0 Å². The molecule has 3 N–H and O–H groups in total. The number of aromatic nitrogens is 2. The zero-order valence-corrected chi connectivity index (χ0v) is 11.4. The first kappa shape index (κ1) is 13.8. The molecule has 2 rings (SSSR count). The average Bonchev–Trinajstić information content (AvgIpc) is 2.80. The Labute approximate surface area is 116 Å². The van der Waals surface area contributed by atoms with Crippen LogP contribution >= 0.6 is 0 Å². The van der Waals surface area contributed by atoms with Gasteiger partial charge in [0, 0.05) is 12.2 Å². The van der Waals surface area contributed by atoms with E-state index >= 15 is 0 Å². The largest absolute Gasteiger partial charge is 0.366 e. The predicted octanol–water partition coefficient (Wildman–Crippen LogP) is 1.56. The Balaban J connectivity index is 2.28. The Morgan fingerprint density at radius 2 is 2.00 bits per heavy atom. The Hall–Kier alpha value is -2.63. The maximum absolute atomic E-state index is 12.2. The lowest BCUT2D eigenvalue weighted by atomic mass is 10.1. The third-order valence-electron chi connectivity index (χ3n) is 3.09. The number of amides is 2. The van der Waals surface area contributed by atoms with Gasteiger partial charge in [-0.25, -0.2) is 0 Å². The Morgan fingerprint density at radius 1 is 1.30 bits per heavy atom. The Kier molecular flexibility index (Phi) is 3.84. The standard InChI is InChI=1S/C14H16N4O2/c1-3-18-9(2)11(8-16-18)14(20)17-12-7-5-4-6-10(12)13(15)19/h4-8H,3H2,1-2H3,(H2,15,19)(H,17,20).